The molecule has 2 fully saturated rings. The van der Waals surface area contributed by atoms with Crippen LogP contribution in [0, 0.1) is 0 Å². The molecule has 250 valence electrons. The lowest BCUT2D eigenvalue weighted by atomic mass is 9.92. The van der Waals surface area contributed by atoms with Crippen molar-refractivity contribution in [3.63, 3.8) is 0 Å². The van der Waals surface area contributed by atoms with Gasteiger partial charge in [-0.25, -0.2) is 28.6 Å². The highest BCUT2D eigenvalue weighted by Gasteiger charge is 2.66. The number of aromatic nitrogens is 4. The number of rotatable bonds is 4. The molecule has 25 nitrogen and oxygen atoms in total. The molecule has 4 heterocycles. The predicted molar refractivity (Wildman–Crippen MR) is 132 cm³/mol. The van der Waals surface area contributed by atoms with Gasteiger partial charge in [0, 0.05) is 0 Å². The summed E-state index contributed by atoms with van der Waals surface area (Å²) < 4.78 is 39.2. The summed E-state index contributed by atoms with van der Waals surface area (Å²) in [6.45, 7) is -1.24. The van der Waals surface area contributed by atoms with Gasteiger partial charge >= 0.3 is 23.5 Å². The third-order valence-corrected chi connectivity index (χ3v) is 5.34. The highest BCUT2D eigenvalue weighted by molar-refractivity contribution is 7.45. The molecule has 2 aromatic rings. The van der Waals surface area contributed by atoms with Crippen molar-refractivity contribution in [3.05, 3.63) is 12.7 Å². The number of hydrogen-bond acceptors (Lipinski definition) is 15. The highest BCUT2D eigenvalue weighted by atomic mass is 31.2. The van der Waals surface area contributed by atoms with Crippen LogP contribution in [0.1, 0.15) is 0 Å². The summed E-state index contributed by atoms with van der Waals surface area (Å²) in [5, 5.41) is 61.0. The SMILES string of the molecule is Nc1ncnc2c1ncn2[C@]1(C2O[C@H](CO)[C@@H](O)[C@@H]2O)O[C@H](CO)[C@@H](O)[C@H]1O.O=P(O)(O)O.O=P(O)(O)O.O=P(O)(O)O. The lowest BCUT2D eigenvalue weighted by molar-refractivity contribution is -0.231. The second-order valence-electron chi connectivity index (χ2n) is 8.37. The van der Waals surface area contributed by atoms with Crippen molar-refractivity contribution in [3.8, 4) is 0 Å². The van der Waals surface area contributed by atoms with Crippen molar-refractivity contribution in [2.45, 2.75) is 48.5 Å². The van der Waals surface area contributed by atoms with E-state index in [0.29, 0.717) is 0 Å². The molecule has 2 aromatic heterocycles. The molecule has 43 heavy (non-hydrogen) atoms. The second-order valence-corrected chi connectivity index (χ2v) is 11.5. The minimum atomic E-state index is -4.64. The van der Waals surface area contributed by atoms with Crippen molar-refractivity contribution in [2.24, 2.45) is 0 Å². The Bertz CT molecular complexity index is 1260. The van der Waals surface area contributed by atoms with Crippen LogP contribution in [0.2, 0.25) is 0 Å². The van der Waals surface area contributed by atoms with Gasteiger partial charge in [0.25, 0.3) is 0 Å². The molecule has 2 saturated heterocycles. The van der Waals surface area contributed by atoms with Crippen molar-refractivity contribution >= 4 is 40.4 Å². The number of nitrogen functional groups attached to an aromatic ring is 1. The number of phosphoric acid groups is 3. The molecule has 0 aliphatic carbocycles. The average Bonchev–Trinajstić information content (AvgIpc) is 3.46. The molecule has 0 spiro atoms. The maximum absolute atomic E-state index is 10.9. The van der Waals surface area contributed by atoms with Gasteiger partial charge in [0.15, 0.2) is 11.5 Å². The van der Waals surface area contributed by atoms with Gasteiger partial charge in [-0.1, -0.05) is 0 Å². The molecule has 0 aromatic carbocycles. The van der Waals surface area contributed by atoms with Gasteiger partial charge in [-0.05, 0) is 0 Å². The first-order chi connectivity index (χ1) is 19.4. The Morgan fingerprint density at radius 1 is 0.767 bits per heavy atom. The van der Waals surface area contributed by atoms with E-state index in [1.54, 1.807) is 0 Å². The Balaban J connectivity index is 0.000000512. The van der Waals surface area contributed by atoms with E-state index in [4.69, 9.17) is 72.9 Å². The summed E-state index contributed by atoms with van der Waals surface area (Å²) in [6, 6.07) is 0. The van der Waals surface area contributed by atoms with Crippen LogP contribution in [0.15, 0.2) is 12.7 Å². The van der Waals surface area contributed by atoms with Crippen LogP contribution < -0.4 is 5.73 Å². The van der Waals surface area contributed by atoms with Gasteiger partial charge in [-0.15, -0.1) is 0 Å². The van der Waals surface area contributed by atoms with Crippen molar-refractivity contribution in [1.82, 2.24) is 19.5 Å². The van der Waals surface area contributed by atoms with Crippen LogP contribution in [0.4, 0.5) is 5.82 Å². The Kier molecular flexibility index (Phi) is 13.8. The molecule has 4 rings (SSSR count). The van der Waals surface area contributed by atoms with Crippen LogP contribution in [-0.4, -0.2) is 150 Å². The third kappa shape index (κ3) is 11.3. The van der Waals surface area contributed by atoms with Gasteiger partial charge in [0.05, 0.1) is 19.5 Å². The van der Waals surface area contributed by atoms with E-state index in [9.17, 15) is 30.6 Å². The van der Waals surface area contributed by atoms with Gasteiger partial charge in [0.2, 0.25) is 5.72 Å². The average molecular weight is 693 g/mol. The number of imidazole rings is 1. The summed E-state index contributed by atoms with van der Waals surface area (Å²) >= 11 is 0. The number of ether oxygens (including phenoxy) is 2. The minimum absolute atomic E-state index is 0.0480. The number of aliphatic hydroxyl groups is 6. The van der Waals surface area contributed by atoms with Crippen molar-refractivity contribution in [1.29, 1.82) is 0 Å². The molecule has 0 saturated carbocycles. The maximum atomic E-state index is 10.9. The quantitative estimate of drug-likeness (QED) is 0.132. The van der Waals surface area contributed by atoms with E-state index < -0.39 is 85.1 Å². The molecule has 0 radical (unpaired) electrons. The molecule has 2 aliphatic rings. The number of fused-ring (bicyclic) bond motifs is 1. The van der Waals surface area contributed by atoms with Gasteiger partial charge in [-0.2, -0.15) is 0 Å². The largest absolute Gasteiger partial charge is 0.466 e. The van der Waals surface area contributed by atoms with E-state index >= 15 is 0 Å². The van der Waals surface area contributed by atoms with E-state index in [2.05, 4.69) is 15.0 Å². The predicted octanol–water partition coefficient (Wildman–Crippen LogP) is -7.13. The maximum Gasteiger partial charge on any atom is 0.466 e. The van der Waals surface area contributed by atoms with Crippen LogP contribution in [-0.2, 0) is 28.9 Å². The fraction of sp³-hybridized carbons (Fsp3) is 0.667. The molecule has 2 aliphatic heterocycles. The molecule has 0 amide bonds. The molecule has 28 heteroatoms. The van der Waals surface area contributed by atoms with Crippen LogP contribution in [0.5, 0.6) is 0 Å². The fourth-order valence-electron chi connectivity index (χ4n) is 3.90. The summed E-state index contributed by atoms with van der Waals surface area (Å²) in [6.07, 6.45) is -7.84. The van der Waals surface area contributed by atoms with Crippen LogP contribution in [0.3, 0.4) is 0 Å². The summed E-state index contributed by atoms with van der Waals surface area (Å²) in [4.78, 5) is 76.7. The van der Waals surface area contributed by atoms with Crippen molar-refractivity contribution < 1.29 is 97.8 Å². The van der Waals surface area contributed by atoms with E-state index in [1.807, 2.05) is 0 Å². The van der Waals surface area contributed by atoms with Gasteiger partial charge < -0.3 is 89.9 Å². The molecule has 8 atom stereocenters. The number of hydrogen-bond donors (Lipinski definition) is 16. The normalized spacial score (nSPS) is 30.9. The highest BCUT2D eigenvalue weighted by Crippen LogP contribution is 2.45. The van der Waals surface area contributed by atoms with Gasteiger partial charge in [0.1, 0.15) is 54.6 Å². The monoisotopic (exact) mass is 693 g/mol. The first-order valence-electron chi connectivity index (χ1n) is 10.9. The fourth-order valence-corrected chi connectivity index (χ4v) is 3.90. The molecular weight excluding hydrogens is 663 g/mol. The van der Waals surface area contributed by atoms with Gasteiger partial charge in [-0.3, -0.25) is 4.57 Å². The lowest BCUT2D eigenvalue weighted by Gasteiger charge is -2.39. The van der Waals surface area contributed by atoms with Crippen molar-refractivity contribution in [2.75, 3.05) is 18.9 Å². The minimum Gasteiger partial charge on any atom is -0.394 e. The third-order valence-electron chi connectivity index (χ3n) is 5.34. The first-order valence-corrected chi connectivity index (χ1v) is 15.6. The van der Waals surface area contributed by atoms with Crippen LogP contribution in [0.25, 0.3) is 11.2 Å². The number of anilines is 1. The molecule has 17 N–H and O–H groups in total. The zero-order chi connectivity index (χ0) is 33.7. The second kappa shape index (κ2) is 15.1. The standard InChI is InChI=1S/C15H21N5O8.3H3O4P/c16-13-7-14(18-3-17-13)20(4-19-7)15(11(26)9(24)6(2-22)28-15)12-10(25)8(23)5(1-21)27-12;3*1-5(2,3)4/h3-6,8-12,21-26H,1-2H2,(H2,16,17,18);3*(H3,1,2,3,4)/t5-,6-,8-,9-,10+,11-,12?,15+;;;/m1.../s1. The summed E-state index contributed by atoms with van der Waals surface area (Å²) in [7, 11) is -13.9. The Labute approximate surface area is 238 Å². The molecule has 1 unspecified atom stereocenters. The topological polar surface area (TPSA) is 443 Å². The van der Waals surface area contributed by atoms with E-state index in [0.717, 1.165) is 6.33 Å². The Morgan fingerprint density at radius 3 is 1.63 bits per heavy atom. The Hall–Kier alpha value is -1.64. The summed E-state index contributed by atoms with van der Waals surface area (Å²) in [5.41, 5.74) is 4.04. The zero-order valence-electron chi connectivity index (χ0n) is 21.1. The first kappa shape index (κ1) is 39.4. The van der Waals surface area contributed by atoms with E-state index in [-0.39, 0.29) is 17.0 Å². The zero-order valence-corrected chi connectivity index (χ0v) is 23.8. The molecule has 0 bridgehead atoms. The summed E-state index contributed by atoms with van der Waals surface area (Å²) in [5.74, 6) is 0.0480. The smallest absolute Gasteiger partial charge is 0.394 e. The Morgan fingerprint density at radius 2 is 1.23 bits per heavy atom. The number of aliphatic hydroxyl groups excluding tert-OH is 6. The van der Waals surface area contributed by atoms with E-state index in [1.165, 1.54) is 10.9 Å². The number of nitrogens with two attached hydrogens (primary N) is 1. The van der Waals surface area contributed by atoms with Crippen LogP contribution >= 0.6 is 23.5 Å². The lowest BCUT2D eigenvalue weighted by Crippen LogP contribution is -2.58. The molecular formula is C15H30N5O20P3. The number of nitrogens with zero attached hydrogens (tertiary/aromatic N) is 4.